The molecule has 156 valence electrons. The molecule has 0 saturated carbocycles. The van der Waals surface area contributed by atoms with Crippen LogP contribution in [-0.2, 0) is 14.3 Å². The van der Waals surface area contributed by atoms with Gasteiger partial charge in [-0.3, -0.25) is 10.5 Å². The third-order valence-corrected chi connectivity index (χ3v) is 5.61. The Hall–Kier alpha value is -1.68. The van der Waals surface area contributed by atoms with Gasteiger partial charge in [0.05, 0.1) is 6.04 Å². The van der Waals surface area contributed by atoms with E-state index in [1.165, 1.54) is 17.8 Å². The molecular weight excluding hydrogens is 382 g/mol. The number of ether oxygens (including phenoxy) is 2. The van der Waals surface area contributed by atoms with E-state index in [9.17, 15) is 9.59 Å². The first-order valence-corrected chi connectivity index (χ1v) is 10.5. The maximum atomic E-state index is 12.9. The molecule has 2 rings (SSSR count). The van der Waals surface area contributed by atoms with Crippen LogP contribution in [0.1, 0.15) is 52.3 Å². The number of carbonyl (C=O) groups excluding carboxylic acids is 1. The van der Waals surface area contributed by atoms with E-state index in [2.05, 4.69) is 10.3 Å². The van der Waals surface area contributed by atoms with Crippen LogP contribution in [-0.4, -0.2) is 41.4 Å². The highest BCUT2D eigenvalue weighted by Gasteiger charge is 2.46. The number of carbonyl (C=O) groups is 1. The molecule has 0 unspecified atom stereocenters. The zero-order valence-electron chi connectivity index (χ0n) is 16.8. The number of aliphatic imine (C=N–C) groups is 1. The van der Waals surface area contributed by atoms with Crippen molar-refractivity contribution in [1.29, 1.82) is 0 Å². The van der Waals surface area contributed by atoms with Crippen molar-refractivity contribution in [1.82, 2.24) is 5.32 Å². The third kappa shape index (κ3) is 5.22. The molecule has 8 nitrogen and oxygen atoms in total. The molecule has 0 saturated heterocycles. The fourth-order valence-corrected chi connectivity index (χ4v) is 4.10. The van der Waals surface area contributed by atoms with Crippen LogP contribution >= 0.6 is 11.8 Å². The van der Waals surface area contributed by atoms with Crippen LogP contribution in [0.25, 0.3) is 0 Å². The van der Waals surface area contributed by atoms with Gasteiger partial charge in [0.2, 0.25) is 5.79 Å². The molecule has 1 aromatic heterocycles. The minimum Gasteiger partial charge on any atom is -0.426 e. The Morgan fingerprint density at radius 1 is 1.39 bits per heavy atom. The van der Waals surface area contributed by atoms with Crippen molar-refractivity contribution in [3.63, 3.8) is 0 Å². The molecule has 0 radical (unpaired) electrons. The summed E-state index contributed by atoms with van der Waals surface area (Å²) in [5.74, 6) is -0.809. The Balaban J connectivity index is 2.22. The van der Waals surface area contributed by atoms with Gasteiger partial charge in [0.15, 0.2) is 5.66 Å². The molecule has 1 aliphatic heterocycles. The smallest absolute Gasteiger partial charge is 0.335 e. The molecule has 2 heterocycles. The van der Waals surface area contributed by atoms with E-state index in [1.54, 1.807) is 19.1 Å². The van der Waals surface area contributed by atoms with Gasteiger partial charge in [-0.05, 0) is 33.3 Å². The predicted octanol–water partition coefficient (Wildman–Crippen LogP) is 2.19. The number of amides is 1. The maximum absolute atomic E-state index is 12.9. The summed E-state index contributed by atoms with van der Waals surface area (Å²) in [5, 5.41) is 3.42. The van der Waals surface area contributed by atoms with E-state index in [4.69, 9.17) is 19.6 Å². The Morgan fingerprint density at radius 2 is 2.07 bits per heavy atom. The number of nitrogens with zero attached hydrogens (tertiary/aromatic N) is 1. The second-order valence-electron chi connectivity index (χ2n) is 6.61. The van der Waals surface area contributed by atoms with Crippen LogP contribution in [0.15, 0.2) is 32.4 Å². The number of rotatable bonds is 10. The van der Waals surface area contributed by atoms with Gasteiger partial charge in [0.1, 0.15) is 10.8 Å². The van der Waals surface area contributed by atoms with Crippen molar-refractivity contribution in [3.8, 4) is 0 Å². The lowest BCUT2D eigenvalue weighted by Crippen LogP contribution is -2.54. The third-order valence-electron chi connectivity index (χ3n) is 4.29. The summed E-state index contributed by atoms with van der Waals surface area (Å²) < 4.78 is 16.7. The van der Waals surface area contributed by atoms with Crippen molar-refractivity contribution in [3.05, 3.63) is 34.4 Å². The minimum absolute atomic E-state index is 0.265. The Bertz CT molecular complexity index is 760. The van der Waals surface area contributed by atoms with E-state index in [0.29, 0.717) is 30.4 Å². The van der Waals surface area contributed by atoms with E-state index in [0.717, 1.165) is 6.42 Å². The normalized spacial score (nSPS) is 20.7. The fourth-order valence-electron chi connectivity index (χ4n) is 2.94. The molecule has 0 fully saturated rings. The van der Waals surface area contributed by atoms with Crippen molar-refractivity contribution in [2.75, 3.05) is 19.0 Å². The molecule has 3 N–H and O–H groups in total. The number of thioether (sulfide) groups is 1. The van der Waals surface area contributed by atoms with E-state index in [-0.39, 0.29) is 5.75 Å². The quantitative estimate of drug-likeness (QED) is 0.567. The highest BCUT2D eigenvalue weighted by Crippen LogP contribution is 2.33. The Labute approximate surface area is 169 Å². The van der Waals surface area contributed by atoms with Gasteiger partial charge in [-0.1, -0.05) is 19.4 Å². The van der Waals surface area contributed by atoms with Crippen molar-refractivity contribution < 1.29 is 18.7 Å². The fraction of sp³-hybridized carbons (Fsp3) is 0.632. The lowest BCUT2D eigenvalue weighted by molar-refractivity contribution is -0.169. The number of nitrogens with two attached hydrogens (primary N) is 1. The van der Waals surface area contributed by atoms with Crippen LogP contribution in [0.2, 0.25) is 0 Å². The van der Waals surface area contributed by atoms with Crippen LogP contribution in [0.4, 0.5) is 0 Å². The monoisotopic (exact) mass is 411 g/mol. The zero-order valence-corrected chi connectivity index (χ0v) is 17.6. The number of hydrogen-bond donors (Lipinski definition) is 2. The van der Waals surface area contributed by atoms with Crippen LogP contribution < -0.4 is 16.7 Å². The van der Waals surface area contributed by atoms with Gasteiger partial charge in [-0.15, -0.1) is 11.8 Å². The van der Waals surface area contributed by atoms with Crippen LogP contribution in [0.5, 0.6) is 0 Å². The summed E-state index contributed by atoms with van der Waals surface area (Å²) in [4.78, 5) is 28.9. The van der Waals surface area contributed by atoms with Crippen LogP contribution in [0, 0.1) is 0 Å². The zero-order chi connectivity index (χ0) is 20.8. The summed E-state index contributed by atoms with van der Waals surface area (Å²) in [6.07, 6.45) is 1.39. The molecular formula is C19H29N3O5S. The summed E-state index contributed by atoms with van der Waals surface area (Å²) in [6, 6.07) is 4.14. The number of hydrogen-bond acceptors (Lipinski definition) is 8. The minimum atomic E-state index is -1.45. The summed E-state index contributed by atoms with van der Waals surface area (Å²) in [6.45, 7) is 8.35. The van der Waals surface area contributed by atoms with Gasteiger partial charge in [-0.2, -0.15) is 0 Å². The van der Waals surface area contributed by atoms with Crippen LogP contribution in [0.3, 0.4) is 0 Å². The standard InChI is InChI=1S/C19H29N3O5S/c1-5-9-13(14-10-8-11-15(23)27-14)21-16(24)19(20)12-28-17(22-19)18(4,25-6-2)26-7-3/h8,10-11,13H,5-7,9,12,20H2,1-4H3,(H,21,24)/t13-,19+/m1/s1. The number of nitrogens with one attached hydrogen (secondary N) is 1. The second-order valence-corrected chi connectivity index (χ2v) is 7.57. The topological polar surface area (TPSA) is 116 Å². The highest BCUT2D eigenvalue weighted by molar-refractivity contribution is 8.14. The molecule has 0 spiro atoms. The molecule has 1 amide bonds. The molecule has 0 aliphatic carbocycles. The Kier molecular flexibility index (Phi) is 7.82. The lowest BCUT2D eigenvalue weighted by Gasteiger charge is -2.28. The summed E-state index contributed by atoms with van der Waals surface area (Å²) in [7, 11) is 0. The molecule has 1 aliphatic rings. The molecule has 9 heteroatoms. The first-order chi connectivity index (χ1) is 13.3. The molecule has 0 bridgehead atoms. The molecule has 2 atom stereocenters. The molecule has 0 aromatic carbocycles. The van der Waals surface area contributed by atoms with Gasteiger partial charge in [0.25, 0.3) is 5.91 Å². The Morgan fingerprint density at radius 3 is 2.64 bits per heavy atom. The largest absolute Gasteiger partial charge is 0.426 e. The van der Waals surface area contributed by atoms with Crippen molar-refractivity contribution >= 4 is 22.7 Å². The first kappa shape index (κ1) is 22.6. The predicted molar refractivity (Wildman–Crippen MR) is 109 cm³/mol. The second kappa shape index (κ2) is 9.69. The van der Waals surface area contributed by atoms with Gasteiger partial charge >= 0.3 is 5.63 Å². The SMILES string of the molecule is CCC[C@@H](NC(=O)[C@]1(N)CSC(C(C)(OCC)OCC)=N1)c1cccc(=O)o1. The van der Waals surface area contributed by atoms with Gasteiger partial charge in [0, 0.05) is 25.0 Å². The first-order valence-electron chi connectivity index (χ1n) is 9.49. The van der Waals surface area contributed by atoms with E-state index < -0.39 is 29.0 Å². The van der Waals surface area contributed by atoms with E-state index >= 15 is 0 Å². The van der Waals surface area contributed by atoms with Crippen molar-refractivity contribution in [2.24, 2.45) is 10.7 Å². The average Bonchev–Trinajstić information content (AvgIpc) is 3.06. The van der Waals surface area contributed by atoms with Crippen molar-refractivity contribution in [2.45, 2.75) is 58.0 Å². The average molecular weight is 412 g/mol. The van der Waals surface area contributed by atoms with Gasteiger partial charge < -0.3 is 19.2 Å². The highest BCUT2D eigenvalue weighted by atomic mass is 32.2. The lowest BCUT2D eigenvalue weighted by atomic mass is 10.1. The summed E-state index contributed by atoms with van der Waals surface area (Å²) >= 11 is 1.34. The molecule has 28 heavy (non-hydrogen) atoms. The molecule has 1 aromatic rings. The van der Waals surface area contributed by atoms with Gasteiger partial charge in [-0.25, -0.2) is 9.79 Å². The van der Waals surface area contributed by atoms with E-state index in [1.807, 2.05) is 20.8 Å². The summed E-state index contributed by atoms with van der Waals surface area (Å²) in [5.41, 5.74) is 4.40. The maximum Gasteiger partial charge on any atom is 0.335 e.